The molecule has 2 fully saturated rings. The van der Waals surface area contributed by atoms with Gasteiger partial charge in [-0.1, -0.05) is 86.6 Å². The number of para-hydroxylation sites is 1. The van der Waals surface area contributed by atoms with Crippen LogP contribution in [0.2, 0.25) is 10.0 Å². The molecule has 364 valence electrons. The fraction of sp³-hybridized carbons (Fsp3) is 0.283. The van der Waals surface area contributed by atoms with E-state index >= 15 is 0 Å². The number of hydrogen-bond donors (Lipinski definition) is 7. The van der Waals surface area contributed by atoms with Gasteiger partial charge in [0.15, 0.2) is 0 Å². The Hall–Kier alpha value is -7.10. The van der Waals surface area contributed by atoms with Crippen LogP contribution < -0.4 is 32.7 Å². The van der Waals surface area contributed by atoms with Gasteiger partial charge in [0, 0.05) is 63.5 Å². The Kier molecular flexibility index (Phi) is 16.4. The Balaban J connectivity index is 0.000000201. The van der Waals surface area contributed by atoms with Crippen molar-refractivity contribution < 1.29 is 18.4 Å². The number of carbonyl (C=O) groups excluding carboxylic acids is 2. The molecule has 0 bridgehead atoms. The van der Waals surface area contributed by atoms with E-state index in [9.17, 15) is 18.4 Å². The molecule has 13 nitrogen and oxygen atoms in total. The average Bonchev–Trinajstić information content (AvgIpc) is 3.97. The molecule has 0 saturated heterocycles. The fourth-order valence-corrected chi connectivity index (χ4v) is 9.55. The lowest BCUT2D eigenvalue weighted by Gasteiger charge is -2.30. The van der Waals surface area contributed by atoms with Gasteiger partial charge in [0.05, 0.1) is 45.2 Å². The van der Waals surface area contributed by atoms with Crippen molar-refractivity contribution in [2.75, 3.05) is 22.1 Å². The number of amides is 2. The topological polar surface area (TPSA) is 202 Å². The minimum absolute atomic E-state index is 0. The van der Waals surface area contributed by atoms with Gasteiger partial charge >= 0.3 is 0 Å². The Morgan fingerprint density at radius 1 is 0.643 bits per heavy atom. The van der Waals surface area contributed by atoms with Crippen LogP contribution in [0.3, 0.4) is 0 Å². The summed E-state index contributed by atoms with van der Waals surface area (Å²) >= 11 is 12.9. The number of carbonyl (C=O) groups is 2. The second kappa shape index (κ2) is 22.5. The van der Waals surface area contributed by atoms with E-state index in [4.69, 9.17) is 44.6 Å². The third kappa shape index (κ3) is 11.7. The number of nitrogens with one attached hydrogen (secondary N) is 5. The summed E-state index contributed by atoms with van der Waals surface area (Å²) in [6.07, 6.45) is 15.0. The number of H-pyrrole nitrogens is 1. The second-order valence-corrected chi connectivity index (χ2v) is 18.2. The van der Waals surface area contributed by atoms with Gasteiger partial charge in [-0.3, -0.25) is 9.59 Å². The molecule has 17 heteroatoms. The quantitative estimate of drug-likeness (QED) is 0.0647. The number of hydrogen-bond acceptors (Lipinski definition) is 10. The SMILES string of the molecule is C.C.Nc1ccc(C(=O)N[C@H]2CCC[C@@H](Nc3ncc(Cl)c(-c4c[nH]c5ccccc45)n3)C2)cc1F.Nc1ccc(C(=O)N[C@H]2CCC[C@@H](Nc3ncc(Cl)c(C4=CCc5ccccc54)n3)C2)cc1F. The molecule has 0 spiro atoms. The van der Waals surface area contributed by atoms with E-state index in [1.54, 1.807) is 12.4 Å². The van der Waals surface area contributed by atoms with Crippen LogP contribution in [0.15, 0.2) is 110 Å². The number of aromatic amines is 1. The zero-order valence-corrected chi connectivity index (χ0v) is 38.3. The predicted molar refractivity (Wildman–Crippen MR) is 278 cm³/mol. The standard InChI is InChI=1S/C26H25ClFN5O.C25H24ClFN6O.2CH4/c27-21-14-30-26(33-24(21)20-10-8-15-4-1-2-7-19(15)20)32-18-6-3-5-17(13-18)31-25(34)16-9-11-23(29)22(28)12-16;26-19-13-30-25(33-23(19)18-12-29-22-7-2-1-6-17(18)22)32-16-5-3-4-15(11-16)31-24(34)14-8-9-21(28)20(27)10-14;;/h1-2,4,7,9-12,14,17-18H,3,5-6,8,13,29H2,(H,31,34)(H,30,32,33);1-2,6-10,12-13,15-16,29H,3-5,11,28H2,(H,31,34)(H,30,32,33);2*1H4/t17-,18+;15-,16+;;/m00../s1. The van der Waals surface area contributed by atoms with E-state index in [1.165, 1.54) is 35.9 Å². The van der Waals surface area contributed by atoms with Gasteiger partial charge < -0.3 is 37.7 Å². The first-order chi connectivity index (χ1) is 32.9. The van der Waals surface area contributed by atoms with E-state index in [-0.39, 0.29) is 73.3 Å². The number of halogens is 4. The minimum atomic E-state index is -0.596. The normalized spacial score (nSPS) is 18.1. The van der Waals surface area contributed by atoms with Crippen molar-refractivity contribution in [3.8, 4) is 11.3 Å². The molecule has 3 aromatic heterocycles. The van der Waals surface area contributed by atoms with Gasteiger partial charge in [0.25, 0.3) is 11.8 Å². The molecule has 0 aliphatic heterocycles. The van der Waals surface area contributed by atoms with Crippen molar-refractivity contribution in [3.05, 3.63) is 159 Å². The van der Waals surface area contributed by atoms with Gasteiger partial charge in [-0.2, -0.15) is 0 Å². The summed E-state index contributed by atoms with van der Waals surface area (Å²) in [5.74, 6) is -0.798. The third-order valence-electron chi connectivity index (χ3n) is 12.6. The Labute approximate surface area is 416 Å². The maximum Gasteiger partial charge on any atom is 0.251 e. The lowest BCUT2D eigenvalue weighted by atomic mass is 9.91. The molecule has 2 amide bonds. The number of aromatic nitrogens is 5. The maximum absolute atomic E-state index is 13.7. The summed E-state index contributed by atoms with van der Waals surface area (Å²) in [6, 6.07) is 24.5. The van der Waals surface area contributed by atoms with Crippen LogP contribution >= 0.6 is 23.2 Å². The molecule has 7 aromatic rings. The number of allylic oxidation sites excluding steroid dienone is 1. The molecule has 3 aliphatic carbocycles. The van der Waals surface area contributed by atoms with Crippen LogP contribution in [0.4, 0.5) is 32.1 Å². The zero-order chi connectivity index (χ0) is 47.3. The number of anilines is 4. The highest BCUT2D eigenvalue weighted by molar-refractivity contribution is 6.33. The first kappa shape index (κ1) is 50.8. The van der Waals surface area contributed by atoms with Crippen molar-refractivity contribution in [3.63, 3.8) is 0 Å². The first-order valence-electron chi connectivity index (χ1n) is 22.6. The van der Waals surface area contributed by atoms with Crippen LogP contribution in [0.1, 0.15) is 104 Å². The van der Waals surface area contributed by atoms with E-state index in [1.807, 2.05) is 42.6 Å². The van der Waals surface area contributed by atoms with Gasteiger partial charge in [-0.25, -0.2) is 28.7 Å². The minimum Gasteiger partial charge on any atom is -0.396 e. The van der Waals surface area contributed by atoms with Crippen LogP contribution in [-0.4, -0.2) is 60.9 Å². The molecule has 4 aromatic carbocycles. The lowest BCUT2D eigenvalue weighted by Crippen LogP contribution is -2.42. The highest BCUT2D eigenvalue weighted by Gasteiger charge is 2.27. The highest BCUT2D eigenvalue weighted by atomic mass is 35.5. The Bertz CT molecular complexity index is 3040. The molecule has 2 saturated carbocycles. The van der Waals surface area contributed by atoms with Crippen LogP contribution in [0.5, 0.6) is 0 Å². The second-order valence-electron chi connectivity index (χ2n) is 17.3. The number of nitrogen functional groups attached to an aromatic ring is 2. The number of rotatable bonds is 10. The van der Waals surface area contributed by atoms with Gasteiger partial charge in [-0.05, 0) is 111 Å². The number of nitrogens with two attached hydrogens (primary N) is 2. The van der Waals surface area contributed by atoms with Crippen molar-refractivity contribution in [2.45, 2.75) is 96.8 Å². The van der Waals surface area contributed by atoms with Crippen LogP contribution in [-0.2, 0) is 6.42 Å². The largest absolute Gasteiger partial charge is 0.396 e. The maximum atomic E-state index is 13.7. The van der Waals surface area contributed by atoms with E-state index in [0.29, 0.717) is 34.1 Å². The molecule has 0 unspecified atom stereocenters. The van der Waals surface area contributed by atoms with Crippen molar-refractivity contribution in [1.82, 2.24) is 35.6 Å². The number of fused-ring (bicyclic) bond motifs is 2. The average molecular weight is 989 g/mol. The molecule has 9 N–H and O–H groups in total. The molecule has 70 heavy (non-hydrogen) atoms. The monoisotopic (exact) mass is 987 g/mol. The summed E-state index contributed by atoms with van der Waals surface area (Å²) < 4.78 is 27.5. The molecule has 10 rings (SSSR count). The molecule has 0 radical (unpaired) electrons. The zero-order valence-electron chi connectivity index (χ0n) is 36.8. The first-order valence-corrected chi connectivity index (χ1v) is 23.4. The van der Waals surface area contributed by atoms with Gasteiger partial charge in [0.1, 0.15) is 11.6 Å². The Morgan fingerprint density at radius 3 is 1.74 bits per heavy atom. The van der Waals surface area contributed by atoms with Gasteiger partial charge in [0.2, 0.25) is 11.9 Å². The summed E-state index contributed by atoms with van der Waals surface area (Å²) in [7, 11) is 0. The predicted octanol–water partition coefficient (Wildman–Crippen LogP) is 11.4. The van der Waals surface area contributed by atoms with Crippen molar-refractivity contribution in [2.24, 2.45) is 0 Å². The van der Waals surface area contributed by atoms with Crippen molar-refractivity contribution >= 4 is 74.8 Å². The molecular weight excluding hydrogens is 932 g/mol. The third-order valence-corrected chi connectivity index (χ3v) is 13.2. The van der Waals surface area contributed by atoms with Gasteiger partial charge in [-0.15, -0.1) is 0 Å². The Morgan fingerprint density at radius 2 is 1.16 bits per heavy atom. The van der Waals surface area contributed by atoms with Crippen LogP contribution in [0, 0.1) is 11.6 Å². The summed E-state index contributed by atoms with van der Waals surface area (Å²) in [6.45, 7) is 0. The van der Waals surface area contributed by atoms with E-state index < -0.39 is 11.6 Å². The summed E-state index contributed by atoms with van der Waals surface area (Å²) in [4.78, 5) is 46.6. The van der Waals surface area contributed by atoms with Crippen molar-refractivity contribution in [1.29, 1.82) is 0 Å². The fourth-order valence-electron chi connectivity index (χ4n) is 9.17. The van der Waals surface area contributed by atoms with E-state index in [0.717, 1.165) is 90.7 Å². The molecule has 3 heterocycles. The molecular formula is C53H57Cl2F2N11O2. The van der Waals surface area contributed by atoms with E-state index in [2.05, 4.69) is 54.4 Å². The number of benzene rings is 4. The summed E-state index contributed by atoms with van der Waals surface area (Å²) in [5, 5.41) is 14.9. The molecule has 4 atom stereocenters. The lowest BCUT2D eigenvalue weighted by molar-refractivity contribution is 0.0917. The highest BCUT2D eigenvalue weighted by Crippen LogP contribution is 2.36. The molecule has 3 aliphatic rings. The smallest absolute Gasteiger partial charge is 0.251 e. The van der Waals surface area contributed by atoms with Crippen LogP contribution in [0.25, 0.3) is 27.7 Å². The summed E-state index contributed by atoms with van der Waals surface area (Å²) in [5.41, 5.74) is 18.3. The number of nitrogens with zero attached hydrogens (tertiary/aromatic N) is 4.